The first-order valence-corrected chi connectivity index (χ1v) is 6.72. The minimum Gasteiger partial charge on any atom is -0.305 e. The largest absolute Gasteiger partial charge is 0.305 e. The zero-order valence-corrected chi connectivity index (χ0v) is 13.0. The summed E-state index contributed by atoms with van der Waals surface area (Å²) in [7, 11) is 0. The highest BCUT2D eigenvalue weighted by molar-refractivity contribution is 5.84. The Hall–Kier alpha value is -0.370. The van der Waals surface area contributed by atoms with Crippen LogP contribution in [-0.2, 0) is 4.79 Å². The summed E-state index contributed by atoms with van der Waals surface area (Å²) in [5.74, 6) is 0.348. The average molecular weight is 241 g/mol. The molecule has 0 fully saturated rings. The number of hydrogen-bond acceptors (Lipinski definition) is 2. The highest BCUT2D eigenvalue weighted by Gasteiger charge is 2.31. The highest BCUT2D eigenvalue weighted by Crippen LogP contribution is 2.25. The second kappa shape index (κ2) is 5.99. The minimum atomic E-state index is -0.0372. The molecule has 2 nitrogen and oxygen atoms in total. The standard InChI is InChI=1S/C15H31NO/c1-11(2)16-13(15(6,7)8)12(17)9-10-14(3,4)5/h11,13,16H,9-10H2,1-8H3/t13-/m1/s1. The summed E-state index contributed by atoms with van der Waals surface area (Å²) in [5.41, 5.74) is 0.217. The van der Waals surface area contributed by atoms with Crippen LogP contribution in [0.2, 0.25) is 0 Å². The van der Waals surface area contributed by atoms with Gasteiger partial charge in [0.15, 0.2) is 0 Å². The van der Waals surface area contributed by atoms with Crippen molar-refractivity contribution in [1.82, 2.24) is 5.32 Å². The molecule has 0 aromatic heterocycles. The third kappa shape index (κ3) is 7.54. The van der Waals surface area contributed by atoms with Crippen molar-refractivity contribution in [2.45, 2.75) is 80.3 Å². The van der Waals surface area contributed by atoms with Gasteiger partial charge in [0.1, 0.15) is 5.78 Å². The van der Waals surface area contributed by atoms with Gasteiger partial charge >= 0.3 is 0 Å². The maximum atomic E-state index is 12.3. The van der Waals surface area contributed by atoms with Crippen LogP contribution in [0.25, 0.3) is 0 Å². The molecule has 0 aliphatic rings. The first-order valence-electron chi connectivity index (χ1n) is 6.72. The molecule has 0 saturated carbocycles. The molecule has 0 radical (unpaired) electrons. The fourth-order valence-corrected chi connectivity index (χ4v) is 1.80. The van der Waals surface area contributed by atoms with Gasteiger partial charge in [-0.25, -0.2) is 0 Å². The summed E-state index contributed by atoms with van der Waals surface area (Å²) < 4.78 is 0. The van der Waals surface area contributed by atoms with E-state index < -0.39 is 0 Å². The van der Waals surface area contributed by atoms with E-state index in [1.54, 1.807) is 0 Å². The quantitative estimate of drug-likeness (QED) is 0.793. The van der Waals surface area contributed by atoms with Crippen molar-refractivity contribution in [3.63, 3.8) is 0 Å². The van der Waals surface area contributed by atoms with Gasteiger partial charge in [0, 0.05) is 12.5 Å². The Morgan fingerprint density at radius 1 is 1.06 bits per heavy atom. The maximum Gasteiger partial charge on any atom is 0.150 e. The van der Waals surface area contributed by atoms with Crippen molar-refractivity contribution in [3.05, 3.63) is 0 Å². The molecule has 0 heterocycles. The van der Waals surface area contributed by atoms with Crippen LogP contribution in [0.5, 0.6) is 0 Å². The zero-order chi connectivity index (χ0) is 13.9. The van der Waals surface area contributed by atoms with Crippen LogP contribution in [0.4, 0.5) is 0 Å². The minimum absolute atomic E-state index is 0.0146. The molecule has 102 valence electrons. The van der Waals surface area contributed by atoms with Crippen molar-refractivity contribution in [2.24, 2.45) is 10.8 Å². The number of ketones is 1. The number of Topliss-reactive ketones (excluding diaryl/α,β-unsaturated/α-hetero) is 1. The fourth-order valence-electron chi connectivity index (χ4n) is 1.80. The topological polar surface area (TPSA) is 29.1 Å². The van der Waals surface area contributed by atoms with E-state index >= 15 is 0 Å². The lowest BCUT2D eigenvalue weighted by molar-refractivity contribution is -0.124. The van der Waals surface area contributed by atoms with Crippen molar-refractivity contribution >= 4 is 5.78 Å². The Balaban J connectivity index is 4.55. The predicted octanol–water partition coefficient (Wildman–Crippen LogP) is 3.79. The van der Waals surface area contributed by atoms with Crippen LogP contribution < -0.4 is 5.32 Å². The molecule has 0 amide bonds. The first-order chi connectivity index (χ1) is 7.43. The number of carbonyl (C=O) groups is 1. The molecule has 0 aromatic rings. The Labute approximate surface area is 108 Å². The highest BCUT2D eigenvalue weighted by atomic mass is 16.1. The lowest BCUT2D eigenvalue weighted by Gasteiger charge is -2.32. The SMILES string of the molecule is CC(C)N[C@H](C(=O)CCC(C)(C)C)C(C)(C)C. The Morgan fingerprint density at radius 3 is 1.82 bits per heavy atom. The van der Waals surface area contributed by atoms with Crippen molar-refractivity contribution in [1.29, 1.82) is 0 Å². The number of carbonyl (C=O) groups excluding carboxylic acids is 1. The number of nitrogens with one attached hydrogen (secondary N) is 1. The zero-order valence-electron chi connectivity index (χ0n) is 13.0. The lowest BCUT2D eigenvalue weighted by Crippen LogP contribution is -2.49. The second-order valence-corrected chi connectivity index (χ2v) is 7.65. The summed E-state index contributed by atoms with van der Waals surface area (Å²) in [6.07, 6.45) is 1.63. The Bertz CT molecular complexity index is 243. The first kappa shape index (κ1) is 16.6. The third-order valence-electron chi connectivity index (χ3n) is 2.81. The normalized spacial score (nSPS) is 15.1. The predicted molar refractivity (Wildman–Crippen MR) is 75.2 cm³/mol. The van der Waals surface area contributed by atoms with E-state index in [2.05, 4.69) is 60.7 Å². The van der Waals surface area contributed by atoms with Crippen LogP contribution in [0.3, 0.4) is 0 Å². The van der Waals surface area contributed by atoms with Gasteiger partial charge in [-0.1, -0.05) is 55.4 Å². The van der Waals surface area contributed by atoms with E-state index in [-0.39, 0.29) is 16.9 Å². The van der Waals surface area contributed by atoms with Gasteiger partial charge < -0.3 is 5.32 Å². The van der Waals surface area contributed by atoms with Gasteiger partial charge in [0.2, 0.25) is 0 Å². The molecule has 2 heteroatoms. The van der Waals surface area contributed by atoms with E-state index in [4.69, 9.17) is 0 Å². The number of hydrogen-bond donors (Lipinski definition) is 1. The fraction of sp³-hybridized carbons (Fsp3) is 0.933. The number of rotatable bonds is 5. The molecule has 0 bridgehead atoms. The smallest absolute Gasteiger partial charge is 0.150 e. The van der Waals surface area contributed by atoms with Crippen molar-refractivity contribution < 1.29 is 4.79 Å². The maximum absolute atomic E-state index is 12.3. The van der Waals surface area contributed by atoms with E-state index in [0.29, 0.717) is 18.2 Å². The monoisotopic (exact) mass is 241 g/mol. The van der Waals surface area contributed by atoms with Crippen LogP contribution >= 0.6 is 0 Å². The van der Waals surface area contributed by atoms with E-state index in [1.165, 1.54) is 0 Å². The third-order valence-corrected chi connectivity index (χ3v) is 2.81. The van der Waals surface area contributed by atoms with Crippen molar-refractivity contribution in [2.75, 3.05) is 0 Å². The Kier molecular flexibility index (Phi) is 5.86. The molecule has 0 aliphatic carbocycles. The van der Waals surface area contributed by atoms with Gasteiger partial charge in [-0.3, -0.25) is 4.79 Å². The van der Waals surface area contributed by atoms with E-state index in [1.807, 2.05) is 0 Å². The summed E-state index contributed by atoms with van der Waals surface area (Å²) in [4.78, 5) is 12.3. The molecular weight excluding hydrogens is 210 g/mol. The second-order valence-electron chi connectivity index (χ2n) is 7.65. The van der Waals surface area contributed by atoms with Gasteiger partial charge in [-0.15, -0.1) is 0 Å². The molecule has 1 N–H and O–H groups in total. The summed E-state index contributed by atoms with van der Waals surface area (Å²) >= 11 is 0. The molecule has 0 spiro atoms. The molecule has 0 rings (SSSR count). The lowest BCUT2D eigenvalue weighted by atomic mass is 9.80. The van der Waals surface area contributed by atoms with E-state index in [0.717, 1.165) is 6.42 Å². The molecule has 0 aliphatic heterocycles. The van der Waals surface area contributed by atoms with Crippen LogP contribution in [0, 0.1) is 10.8 Å². The van der Waals surface area contributed by atoms with Gasteiger partial charge in [0.05, 0.1) is 6.04 Å². The summed E-state index contributed by atoms with van der Waals surface area (Å²) in [6.45, 7) is 17.1. The van der Waals surface area contributed by atoms with Gasteiger partial charge in [-0.05, 0) is 17.3 Å². The molecule has 17 heavy (non-hydrogen) atoms. The van der Waals surface area contributed by atoms with Gasteiger partial charge in [0.25, 0.3) is 0 Å². The molecule has 0 saturated heterocycles. The molecule has 0 aromatic carbocycles. The molecule has 0 unspecified atom stereocenters. The van der Waals surface area contributed by atoms with Crippen molar-refractivity contribution in [3.8, 4) is 0 Å². The van der Waals surface area contributed by atoms with Gasteiger partial charge in [-0.2, -0.15) is 0 Å². The van der Waals surface area contributed by atoms with Crippen LogP contribution in [-0.4, -0.2) is 17.9 Å². The summed E-state index contributed by atoms with van der Waals surface area (Å²) in [6, 6.07) is 0.308. The average Bonchev–Trinajstić information content (AvgIpc) is 2.07. The molecule has 1 atom stereocenters. The van der Waals surface area contributed by atoms with Crippen LogP contribution in [0.1, 0.15) is 68.2 Å². The summed E-state index contributed by atoms with van der Waals surface area (Å²) in [5, 5.41) is 3.41. The Morgan fingerprint density at radius 2 is 1.53 bits per heavy atom. The van der Waals surface area contributed by atoms with Crippen LogP contribution in [0.15, 0.2) is 0 Å². The van der Waals surface area contributed by atoms with E-state index in [9.17, 15) is 4.79 Å². The molecular formula is C15H31NO.